The van der Waals surface area contributed by atoms with E-state index in [2.05, 4.69) is 6.07 Å². The van der Waals surface area contributed by atoms with Crippen molar-refractivity contribution in [2.75, 3.05) is 19.7 Å². The molecule has 1 atom stereocenters. The Labute approximate surface area is 98.2 Å². The van der Waals surface area contributed by atoms with E-state index in [4.69, 9.17) is 10.00 Å². The van der Waals surface area contributed by atoms with Gasteiger partial charge in [-0.05, 0) is 34.6 Å². The molecular weight excluding hydrogens is 204 g/mol. The fourth-order valence-corrected chi connectivity index (χ4v) is 1.15. The third-order valence-electron chi connectivity index (χ3n) is 2.08. The number of ether oxygens (including phenoxy) is 1. The van der Waals surface area contributed by atoms with Crippen molar-refractivity contribution in [3.05, 3.63) is 0 Å². The molecule has 0 aliphatic carbocycles. The Kier molecular flexibility index (Phi) is 6.05. The molecule has 0 aliphatic rings. The molecule has 0 N–H and O–H groups in total. The highest BCUT2D eigenvalue weighted by atomic mass is 16.5. The highest BCUT2D eigenvalue weighted by Gasteiger charge is 2.18. The number of rotatable bonds is 5. The van der Waals surface area contributed by atoms with Gasteiger partial charge in [0.25, 0.3) is 0 Å². The van der Waals surface area contributed by atoms with Crippen LogP contribution in [0.4, 0.5) is 0 Å². The molecule has 0 aliphatic heterocycles. The summed E-state index contributed by atoms with van der Waals surface area (Å²) in [7, 11) is 0. The zero-order valence-electron chi connectivity index (χ0n) is 10.9. The summed E-state index contributed by atoms with van der Waals surface area (Å²) in [6, 6.07) is 2.12. The summed E-state index contributed by atoms with van der Waals surface area (Å²) in [6.45, 7) is 10.6. The van der Waals surface area contributed by atoms with Gasteiger partial charge in [-0.25, -0.2) is 0 Å². The average molecular weight is 226 g/mol. The lowest BCUT2D eigenvalue weighted by atomic mass is 10.2. The Bertz CT molecular complexity index is 263. The van der Waals surface area contributed by atoms with Crippen molar-refractivity contribution >= 4 is 5.91 Å². The van der Waals surface area contributed by atoms with E-state index in [9.17, 15) is 4.79 Å². The fraction of sp³-hybridized carbons (Fsp3) is 0.833. The second kappa shape index (κ2) is 6.49. The number of carbonyl (C=O) groups excluding carboxylic acids is 1. The predicted molar refractivity (Wildman–Crippen MR) is 62.7 cm³/mol. The molecule has 0 aromatic carbocycles. The van der Waals surface area contributed by atoms with Crippen LogP contribution in [0.25, 0.3) is 0 Å². The van der Waals surface area contributed by atoms with Crippen LogP contribution in [0.5, 0.6) is 0 Å². The van der Waals surface area contributed by atoms with Crippen LogP contribution in [0.1, 0.15) is 34.6 Å². The van der Waals surface area contributed by atoms with Crippen LogP contribution in [0, 0.1) is 17.2 Å². The first kappa shape index (κ1) is 14.9. The molecule has 0 saturated carbocycles. The van der Waals surface area contributed by atoms with Crippen molar-refractivity contribution in [1.29, 1.82) is 5.26 Å². The van der Waals surface area contributed by atoms with E-state index in [0.29, 0.717) is 13.1 Å². The molecule has 0 bridgehead atoms. The summed E-state index contributed by atoms with van der Waals surface area (Å²) < 4.78 is 5.42. The molecule has 16 heavy (non-hydrogen) atoms. The van der Waals surface area contributed by atoms with Gasteiger partial charge in [-0.1, -0.05) is 0 Å². The lowest BCUT2D eigenvalue weighted by molar-refractivity contribution is -0.141. The van der Waals surface area contributed by atoms with E-state index in [1.54, 1.807) is 11.8 Å². The van der Waals surface area contributed by atoms with Crippen molar-refractivity contribution in [2.45, 2.75) is 40.2 Å². The van der Waals surface area contributed by atoms with E-state index in [1.807, 2.05) is 27.7 Å². The normalized spacial score (nSPS) is 13.0. The average Bonchev–Trinajstić information content (AvgIpc) is 2.21. The molecule has 0 spiro atoms. The fourth-order valence-electron chi connectivity index (χ4n) is 1.15. The summed E-state index contributed by atoms with van der Waals surface area (Å²) in [5, 5.41) is 8.70. The molecule has 1 amide bonds. The summed E-state index contributed by atoms with van der Waals surface area (Å²) in [5.74, 6) is -0.196. The summed E-state index contributed by atoms with van der Waals surface area (Å²) in [6.07, 6.45) is 0. The zero-order chi connectivity index (χ0) is 12.8. The van der Waals surface area contributed by atoms with Gasteiger partial charge >= 0.3 is 0 Å². The van der Waals surface area contributed by atoms with Crippen LogP contribution in [0.15, 0.2) is 0 Å². The molecule has 0 aromatic heterocycles. The van der Waals surface area contributed by atoms with Crippen molar-refractivity contribution in [1.82, 2.24) is 4.90 Å². The minimum absolute atomic E-state index is 0.0560. The van der Waals surface area contributed by atoms with Crippen LogP contribution in [0.2, 0.25) is 0 Å². The van der Waals surface area contributed by atoms with E-state index in [0.717, 1.165) is 0 Å². The first-order valence-corrected chi connectivity index (χ1v) is 5.61. The number of likely N-dealkylation sites (N-methyl/N-ethyl adjacent to an activating group) is 1. The molecule has 0 radical (unpaired) electrons. The first-order chi connectivity index (χ1) is 7.30. The van der Waals surface area contributed by atoms with Gasteiger partial charge in [0.05, 0.1) is 17.6 Å². The zero-order valence-corrected chi connectivity index (χ0v) is 10.9. The van der Waals surface area contributed by atoms with Gasteiger partial charge in [0.2, 0.25) is 5.91 Å². The van der Waals surface area contributed by atoms with Crippen LogP contribution in [0.3, 0.4) is 0 Å². The van der Waals surface area contributed by atoms with Gasteiger partial charge in [0.1, 0.15) is 6.61 Å². The van der Waals surface area contributed by atoms with Crippen LogP contribution in [-0.2, 0) is 9.53 Å². The van der Waals surface area contributed by atoms with Gasteiger partial charge in [0, 0.05) is 13.1 Å². The largest absolute Gasteiger partial charge is 0.366 e. The second-order valence-electron chi connectivity index (χ2n) is 4.86. The number of hydrogen-bond acceptors (Lipinski definition) is 3. The van der Waals surface area contributed by atoms with E-state index < -0.39 is 0 Å². The third-order valence-corrected chi connectivity index (χ3v) is 2.08. The number of nitrogens with zero attached hydrogens (tertiary/aromatic N) is 2. The van der Waals surface area contributed by atoms with Gasteiger partial charge in [-0.2, -0.15) is 5.26 Å². The quantitative estimate of drug-likeness (QED) is 0.718. The maximum Gasteiger partial charge on any atom is 0.248 e. The highest BCUT2D eigenvalue weighted by Crippen LogP contribution is 2.07. The molecular formula is C12H22N2O2. The third kappa shape index (κ3) is 6.41. The topological polar surface area (TPSA) is 53.3 Å². The van der Waals surface area contributed by atoms with Crippen LogP contribution >= 0.6 is 0 Å². The molecule has 4 heteroatoms. The Morgan fingerprint density at radius 3 is 2.44 bits per heavy atom. The Hall–Kier alpha value is -1.08. The lowest BCUT2D eigenvalue weighted by Crippen LogP contribution is -2.38. The smallest absolute Gasteiger partial charge is 0.248 e. The summed E-state index contributed by atoms with van der Waals surface area (Å²) >= 11 is 0. The van der Waals surface area contributed by atoms with Crippen molar-refractivity contribution < 1.29 is 9.53 Å². The molecule has 92 valence electrons. The van der Waals surface area contributed by atoms with Gasteiger partial charge in [0.15, 0.2) is 0 Å². The van der Waals surface area contributed by atoms with Gasteiger partial charge in [-0.15, -0.1) is 0 Å². The lowest BCUT2D eigenvalue weighted by Gasteiger charge is -2.25. The monoisotopic (exact) mass is 226 g/mol. The Morgan fingerprint density at radius 2 is 2.06 bits per heavy atom. The minimum atomic E-state index is -0.310. The molecule has 0 rings (SSSR count). The predicted octanol–water partition coefficient (Wildman–Crippen LogP) is 1.81. The number of nitriles is 1. The van der Waals surface area contributed by atoms with Crippen molar-refractivity contribution in [2.24, 2.45) is 5.92 Å². The summed E-state index contributed by atoms with van der Waals surface area (Å²) in [5.41, 5.74) is -0.310. The molecule has 0 aromatic rings. The van der Waals surface area contributed by atoms with Crippen LogP contribution in [-0.4, -0.2) is 36.1 Å². The second-order valence-corrected chi connectivity index (χ2v) is 4.86. The van der Waals surface area contributed by atoms with Crippen molar-refractivity contribution in [3.63, 3.8) is 0 Å². The van der Waals surface area contributed by atoms with E-state index >= 15 is 0 Å². The van der Waals surface area contributed by atoms with Crippen LogP contribution < -0.4 is 0 Å². The van der Waals surface area contributed by atoms with Gasteiger partial charge < -0.3 is 9.64 Å². The van der Waals surface area contributed by atoms with E-state index in [1.165, 1.54) is 0 Å². The number of amides is 1. The maximum atomic E-state index is 11.8. The summed E-state index contributed by atoms with van der Waals surface area (Å²) in [4.78, 5) is 13.4. The molecule has 1 unspecified atom stereocenters. The number of carbonyl (C=O) groups is 1. The van der Waals surface area contributed by atoms with Gasteiger partial charge in [-0.3, -0.25) is 4.79 Å². The maximum absolute atomic E-state index is 11.8. The molecule has 4 nitrogen and oxygen atoms in total. The minimum Gasteiger partial charge on any atom is -0.366 e. The van der Waals surface area contributed by atoms with E-state index in [-0.39, 0.29) is 24.0 Å². The SMILES string of the molecule is CCN(CC(C)C#N)C(=O)COC(C)(C)C. The molecule has 0 saturated heterocycles. The standard InChI is InChI=1S/C12H22N2O2/c1-6-14(8-10(2)7-13)11(15)9-16-12(3,4)5/h10H,6,8-9H2,1-5H3. The Balaban J connectivity index is 4.17. The Morgan fingerprint density at radius 1 is 1.50 bits per heavy atom. The molecule has 0 fully saturated rings. The number of hydrogen-bond donors (Lipinski definition) is 0. The first-order valence-electron chi connectivity index (χ1n) is 5.61. The molecule has 0 heterocycles. The van der Waals surface area contributed by atoms with Crippen molar-refractivity contribution in [3.8, 4) is 6.07 Å². The highest BCUT2D eigenvalue weighted by molar-refractivity contribution is 5.77.